The Bertz CT molecular complexity index is 705. The molecule has 0 spiro atoms. The molecule has 0 aromatic heterocycles. The third kappa shape index (κ3) is 4.88. The van der Waals surface area contributed by atoms with Gasteiger partial charge in [-0.15, -0.1) is 0 Å². The smallest absolute Gasteiger partial charge is 0.248 e. The first-order valence-corrected chi connectivity index (χ1v) is 8.05. The average Bonchev–Trinajstić information content (AvgIpc) is 2.61. The number of aryl methyl sites for hydroxylation is 1. The van der Waals surface area contributed by atoms with Crippen molar-refractivity contribution in [2.24, 2.45) is 0 Å². The first kappa shape index (κ1) is 17.6. The van der Waals surface area contributed by atoms with Gasteiger partial charge in [-0.3, -0.25) is 4.79 Å². The van der Waals surface area contributed by atoms with Crippen molar-refractivity contribution in [3.05, 3.63) is 59.7 Å². The van der Waals surface area contributed by atoms with Gasteiger partial charge in [0.05, 0.1) is 13.7 Å². The molecule has 24 heavy (non-hydrogen) atoms. The molecule has 2 aromatic rings. The lowest BCUT2D eigenvalue weighted by Crippen LogP contribution is -2.07. The molecule has 0 unspecified atom stereocenters. The molecule has 1 amide bonds. The van der Waals surface area contributed by atoms with Crippen molar-refractivity contribution in [3.63, 3.8) is 0 Å². The highest BCUT2D eigenvalue weighted by atomic mass is 16.5. The van der Waals surface area contributed by atoms with Crippen molar-refractivity contribution < 1.29 is 14.3 Å². The highest BCUT2D eigenvalue weighted by Gasteiger charge is 2.04. The van der Waals surface area contributed by atoms with Crippen LogP contribution < -0.4 is 14.8 Å². The second-order valence-corrected chi connectivity index (χ2v) is 5.22. The van der Waals surface area contributed by atoms with E-state index in [4.69, 9.17) is 9.47 Å². The Hall–Kier alpha value is -2.75. The lowest BCUT2D eigenvalue weighted by Gasteiger charge is -2.09. The van der Waals surface area contributed by atoms with E-state index in [9.17, 15) is 4.79 Å². The quantitative estimate of drug-likeness (QED) is 0.772. The van der Waals surface area contributed by atoms with Crippen molar-refractivity contribution in [2.45, 2.75) is 20.3 Å². The van der Waals surface area contributed by atoms with Gasteiger partial charge in [0, 0.05) is 11.8 Å². The Morgan fingerprint density at radius 1 is 1.08 bits per heavy atom. The average molecular weight is 325 g/mol. The zero-order valence-electron chi connectivity index (χ0n) is 14.3. The maximum Gasteiger partial charge on any atom is 0.248 e. The van der Waals surface area contributed by atoms with E-state index in [0.29, 0.717) is 18.1 Å². The topological polar surface area (TPSA) is 47.6 Å². The minimum atomic E-state index is -0.174. The fraction of sp³-hybridized carbons (Fsp3) is 0.250. The van der Waals surface area contributed by atoms with E-state index in [1.807, 2.05) is 49.4 Å². The molecule has 0 aliphatic carbocycles. The summed E-state index contributed by atoms with van der Waals surface area (Å²) in [5, 5.41) is 2.84. The Kier molecular flexibility index (Phi) is 6.43. The molecule has 1 N–H and O–H groups in total. The maximum absolute atomic E-state index is 12.0. The first-order valence-electron chi connectivity index (χ1n) is 8.05. The summed E-state index contributed by atoms with van der Waals surface area (Å²) in [5.74, 6) is 1.17. The van der Waals surface area contributed by atoms with Crippen LogP contribution in [-0.2, 0) is 11.2 Å². The molecule has 0 fully saturated rings. The molecule has 0 aliphatic heterocycles. The van der Waals surface area contributed by atoms with Gasteiger partial charge in [0.1, 0.15) is 0 Å². The summed E-state index contributed by atoms with van der Waals surface area (Å²) in [6.07, 6.45) is 4.23. The lowest BCUT2D eigenvalue weighted by atomic mass is 10.1. The van der Waals surface area contributed by atoms with Crippen molar-refractivity contribution in [1.29, 1.82) is 0 Å². The normalized spacial score (nSPS) is 10.6. The maximum atomic E-state index is 12.0. The molecule has 0 bridgehead atoms. The number of hydrogen-bond donors (Lipinski definition) is 1. The molecule has 0 saturated carbocycles. The number of carbonyl (C=O) groups excluding carboxylic acids is 1. The number of anilines is 1. The van der Waals surface area contributed by atoms with Gasteiger partial charge in [-0.1, -0.05) is 25.1 Å². The van der Waals surface area contributed by atoms with Crippen LogP contribution in [0.5, 0.6) is 11.5 Å². The number of hydrogen-bond acceptors (Lipinski definition) is 3. The van der Waals surface area contributed by atoms with E-state index in [1.54, 1.807) is 13.2 Å². The summed E-state index contributed by atoms with van der Waals surface area (Å²) in [4.78, 5) is 12.0. The molecular formula is C20H23NO3. The van der Waals surface area contributed by atoms with E-state index in [0.717, 1.165) is 17.7 Å². The molecule has 0 atom stereocenters. The monoisotopic (exact) mass is 325 g/mol. The predicted molar refractivity (Wildman–Crippen MR) is 97.6 cm³/mol. The minimum absolute atomic E-state index is 0.174. The number of carbonyl (C=O) groups is 1. The second-order valence-electron chi connectivity index (χ2n) is 5.22. The van der Waals surface area contributed by atoms with Crippen LogP contribution in [0.2, 0.25) is 0 Å². The number of methoxy groups -OCH3 is 1. The van der Waals surface area contributed by atoms with Crippen LogP contribution in [0.3, 0.4) is 0 Å². The number of ether oxygens (including phenoxy) is 2. The third-order valence-corrected chi connectivity index (χ3v) is 3.54. The number of benzene rings is 2. The van der Waals surface area contributed by atoms with Gasteiger partial charge in [-0.25, -0.2) is 0 Å². The summed E-state index contributed by atoms with van der Waals surface area (Å²) < 4.78 is 10.8. The molecule has 2 rings (SSSR count). The summed E-state index contributed by atoms with van der Waals surface area (Å²) in [5.41, 5.74) is 2.89. The number of rotatable bonds is 7. The molecule has 0 radical (unpaired) electrons. The van der Waals surface area contributed by atoms with Crippen LogP contribution in [0.25, 0.3) is 6.08 Å². The molecular weight excluding hydrogens is 302 g/mol. The molecule has 0 aliphatic rings. The predicted octanol–water partition coefficient (Wildman–Crippen LogP) is 4.31. The lowest BCUT2D eigenvalue weighted by molar-refractivity contribution is -0.111. The molecule has 4 nitrogen and oxygen atoms in total. The van der Waals surface area contributed by atoms with Gasteiger partial charge in [0.25, 0.3) is 0 Å². The Labute approximate surface area is 143 Å². The van der Waals surface area contributed by atoms with Crippen molar-refractivity contribution in [3.8, 4) is 11.5 Å². The summed E-state index contributed by atoms with van der Waals surface area (Å²) in [7, 11) is 1.60. The van der Waals surface area contributed by atoms with E-state index in [1.165, 1.54) is 11.6 Å². The second kappa shape index (κ2) is 8.77. The van der Waals surface area contributed by atoms with Crippen LogP contribution in [0.1, 0.15) is 25.0 Å². The largest absolute Gasteiger partial charge is 0.493 e. The number of amides is 1. The van der Waals surface area contributed by atoms with Crippen LogP contribution in [-0.4, -0.2) is 19.6 Å². The van der Waals surface area contributed by atoms with Gasteiger partial charge >= 0.3 is 0 Å². The van der Waals surface area contributed by atoms with Crippen molar-refractivity contribution in [2.75, 3.05) is 19.0 Å². The standard InChI is InChI=1S/C20H23NO3/c1-4-15-6-10-17(11-7-15)21-20(22)13-9-16-8-12-18(24-5-2)19(14-16)23-3/h6-14H,4-5H2,1-3H3,(H,21,22). The molecule has 4 heteroatoms. The van der Waals surface area contributed by atoms with Gasteiger partial charge in [0.15, 0.2) is 11.5 Å². The van der Waals surface area contributed by atoms with Gasteiger partial charge in [0.2, 0.25) is 5.91 Å². The van der Waals surface area contributed by atoms with Gasteiger partial charge in [-0.2, -0.15) is 0 Å². The Morgan fingerprint density at radius 2 is 1.83 bits per heavy atom. The Morgan fingerprint density at radius 3 is 2.46 bits per heavy atom. The van der Waals surface area contributed by atoms with Gasteiger partial charge < -0.3 is 14.8 Å². The van der Waals surface area contributed by atoms with Gasteiger partial charge in [-0.05, 0) is 54.8 Å². The summed E-state index contributed by atoms with van der Waals surface area (Å²) in [6.45, 7) is 4.59. The number of nitrogens with one attached hydrogen (secondary N) is 1. The van der Waals surface area contributed by atoms with E-state index in [2.05, 4.69) is 12.2 Å². The molecule has 0 saturated heterocycles. The molecule has 0 heterocycles. The first-order chi connectivity index (χ1) is 11.7. The fourth-order valence-corrected chi connectivity index (χ4v) is 2.24. The van der Waals surface area contributed by atoms with Crippen molar-refractivity contribution >= 4 is 17.7 Å². The Balaban J connectivity index is 2.02. The van der Waals surface area contributed by atoms with Crippen molar-refractivity contribution in [1.82, 2.24) is 0 Å². The molecule has 2 aromatic carbocycles. The zero-order chi connectivity index (χ0) is 17.4. The van der Waals surface area contributed by atoms with Crippen LogP contribution in [0, 0.1) is 0 Å². The van der Waals surface area contributed by atoms with E-state index < -0.39 is 0 Å². The highest BCUT2D eigenvalue weighted by Crippen LogP contribution is 2.28. The van der Waals surface area contributed by atoms with E-state index in [-0.39, 0.29) is 5.91 Å². The van der Waals surface area contributed by atoms with Crippen LogP contribution in [0.15, 0.2) is 48.5 Å². The third-order valence-electron chi connectivity index (χ3n) is 3.54. The summed E-state index contributed by atoms with van der Waals surface area (Å²) in [6, 6.07) is 13.4. The highest BCUT2D eigenvalue weighted by molar-refractivity contribution is 6.01. The molecule has 126 valence electrons. The van der Waals surface area contributed by atoms with Crippen LogP contribution in [0.4, 0.5) is 5.69 Å². The summed E-state index contributed by atoms with van der Waals surface area (Å²) >= 11 is 0. The van der Waals surface area contributed by atoms with E-state index >= 15 is 0 Å². The van der Waals surface area contributed by atoms with Crippen LogP contribution >= 0.6 is 0 Å². The SMILES string of the molecule is CCOc1ccc(C=CC(=O)Nc2ccc(CC)cc2)cc1OC. The zero-order valence-corrected chi connectivity index (χ0v) is 14.3. The fourth-order valence-electron chi connectivity index (χ4n) is 2.24. The minimum Gasteiger partial charge on any atom is -0.493 e.